The van der Waals surface area contributed by atoms with Crippen molar-refractivity contribution in [2.24, 2.45) is 0 Å². The third-order valence-corrected chi connectivity index (χ3v) is 5.56. The minimum absolute atomic E-state index is 0.0114. The number of hydrogen-bond donors (Lipinski definition) is 0. The fourth-order valence-electron chi connectivity index (χ4n) is 4.05. The molecule has 0 radical (unpaired) electrons. The lowest BCUT2D eigenvalue weighted by Gasteiger charge is -2.47. The van der Waals surface area contributed by atoms with Gasteiger partial charge in [0, 0.05) is 25.8 Å². The molecule has 2 aliphatic rings. The molecular weight excluding hydrogens is 346 g/mol. The summed E-state index contributed by atoms with van der Waals surface area (Å²) in [5.74, 6) is 0.875. The van der Waals surface area contributed by atoms with Gasteiger partial charge in [0.2, 0.25) is 5.95 Å². The van der Waals surface area contributed by atoms with Crippen LogP contribution in [-0.4, -0.2) is 63.8 Å². The number of fused-ring (bicyclic) bond motifs is 1. The van der Waals surface area contributed by atoms with E-state index in [1.54, 1.807) is 6.07 Å². The van der Waals surface area contributed by atoms with Gasteiger partial charge in [-0.15, -0.1) is 10.2 Å². The fourth-order valence-corrected chi connectivity index (χ4v) is 4.05. The van der Waals surface area contributed by atoms with Gasteiger partial charge in [-0.05, 0) is 31.0 Å². The summed E-state index contributed by atoms with van der Waals surface area (Å²) in [6, 6.07) is 7.60. The van der Waals surface area contributed by atoms with Gasteiger partial charge >= 0.3 is 0 Å². The minimum Gasteiger partial charge on any atom is -0.472 e. The molecule has 2 saturated heterocycles. The van der Waals surface area contributed by atoms with Gasteiger partial charge in [-0.1, -0.05) is 6.07 Å². The molecule has 3 aromatic rings. The van der Waals surface area contributed by atoms with Crippen molar-refractivity contribution >= 4 is 17.5 Å². The van der Waals surface area contributed by atoms with E-state index in [-0.39, 0.29) is 11.5 Å². The van der Waals surface area contributed by atoms with Crippen LogP contribution in [0, 0.1) is 0 Å². The Bertz CT molecular complexity index is 943. The molecule has 0 unspecified atom stereocenters. The maximum atomic E-state index is 12.7. The highest BCUT2D eigenvalue weighted by molar-refractivity contribution is 5.93. The maximum Gasteiger partial charge on any atom is 0.257 e. The summed E-state index contributed by atoms with van der Waals surface area (Å²) in [7, 11) is 0. The number of ether oxygens (including phenoxy) is 1. The molecule has 8 nitrogen and oxygen atoms in total. The first kappa shape index (κ1) is 16.3. The van der Waals surface area contributed by atoms with Crippen molar-refractivity contribution in [3.8, 4) is 0 Å². The first-order valence-corrected chi connectivity index (χ1v) is 9.24. The van der Waals surface area contributed by atoms with E-state index < -0.39 is 0 Å². The topological polar surface area (TPSA) is 76.1 Å². The Morgan fingerprint density at radius 1 is 1.11 bits per heavy atom. The second-order valence-corrected chi connectivity index (χ2v) is 7.19. The number of hydrogen-bond acceptors (Lipinski definition) is 6. The summed E-state index contributed by atoms with van der Waals surface area (Å²) >= 11 is 0. The van der Waals surface area contributed by atoms with Crippen LogP contribution in [0.1, 0.15) is 23.2 Å². The Kier molecular flexibility index (Phi) is 3.86. The lowest BCUT2D eigenvalue weighted by molar-refractivity contribution is -0.111. The quantitative estimate of drug-likeness (QED) is 0.688. The molecule has 5 rings (SSSR count). The SMILES string of the molecule is O=C(c1ccoc1)N1CCOC2(CCN(c3nnc4ccccn34)CC2)C1. The van der Waals surface area contributed by atoms with Crippen LogP contribution in [0.2, 0.25) is 0 Å². The highest BCUT2D eigenvalue weighted by Crippen LogP contribution is 2.32. The number of pyridine rings is 1. The maximum absolute atomic E-state index is 12.7. The van der Waals surface area contributed by atoms with Crippen LogP contribution in [0.3, 0.4) is 0 Å². The molecule has 2 aliphatic heterocycles. The van der Waals surface area contributed by atoms with Gasteiger partial charge in [-0.3, -0.25) is 9.20 Å². The Morgan fingerprint density at radius 3 is 2.81 bits per heavy atom. The number of aromatic nitrogens is 3. The van der Waals surface area contributed by atoms with E-state index in [9.17, 15) is 4.79 Å². The van der Waals surface area contributed by atoms with Crippen molar-refractivity contribution in [1.82, 2.24) is 19.5 Å². The molecule has 5 heterocycles. The van der Waals surface area contributed by atoms with E-state index in [0.29, 0.717) is 25.3 Å². The van der Waals surface area contributed by atoms with Crippen LogP contribution < -0.4 is 4.90 Å². The highest BCUT2D eigenvalue weighted by Gasteiger charge is 2.41. The zero-order chi connectivity index (χ0) is 18.3. The van der Waals surface area contributed by atoms with Gasteiger partial charge in [0.25, 0.3) is 5.91 Å². The van der Waals surface area contributed by atoms with Crippen LogP contribution >= 0.6 is 0 Å². The third-order valence-electron chi connectivity index (χ3n) is 5.56. The monoisotopic (exact) mass is 367 g/mol. The summed E-state index contributed by atoms with van der Waals surface area (Å²) in [4.78, 5) is 16.8. The minimum atomic E-state index is -0.283. The van der Waals surface area contributed by atoms with Crippen LogP contribution in [0.5, 0.6) is 0 Å². The molecule has 1 spiro atoms. The zero-order valence-corrected chi connectivity index (χ0v) is 15.0. The van der Waals surface area contributed by atoms with E-state index in [1.165, 1.54) is 12.5 Å². The van der Waals surface area contributed by atoms with Gasteiger partial charge in [-0.25, -0.2) is 0 Å². The molecule has 0 atom stereocenters. The number of carbonyl (C=O) groups excluding carboxylic acids is 1. The zero-order valence-electron chi connectivity index (χ0n) is 15.0. The number of morpholine rings is 1. The van der Waals surface area contributed by atoms with Gasteiger partial charge < -0.3 is 19.0 Å². The molecule has 0 saturated carbocycles. The fraction of sp³-hybridized carbons (Fsp3) is 0.421. The normalized spacial score (nSPS) is 19.7. The lowest BCUT2D eigenvalue weighted by atomic mass is 9.89. The van der Waals surface area contributed by atoms with E-state index in [4.69, 9.17) is 9.15 Å². The average molecular weight is 367 g/mol. The smallest absolute Gasteiger partial charge is 0.257 e. The van der Waals surface area contributed by atoms with Gasteiger partial charge in [0.15, 0.2) is 5.65 Å². The first-order chi connectivity index (χ1) is 13.2. The number of anilines is 1. The van der Waals surface area contributed by atoms with Crippen molar-refractivity contribution in [2.45, 2.75) is 18.4 Å². The Hall–Kier alpha value is -2.87. The van der Waals surface area contributed by atoms with Gasteiger partial charge in [0.1, 0.15) is 6.26 Å². The predicted molar refractivity (Wildman–Crippen MR) is 97.7 cm³/mol. The van der Waals surface area contributed by atoms with Crippen LogP contribution in [-0.2, 0) is 4.74 Å². The molecule has 0 aliphatic carbocycles. The number of nitrogens with zero attached hydrogens (tertiary/aromatic N) is 5. The molecule has 0 bridgehead atoms. The van der Waals surface area contributed by atoms with Crippen LogP contribution in [0.4, 0.5) is 5.95 Å². The molecule has 2 fully saturated rings. The number of rotatable bonds is 2. The Labute approximate surface area is 156 Å². The van der Waals surface area contributed by atoms with E-state index in [0.717, 1.165) is 37.5 Å². The van der Waals surface area contributed by atoms with Crippen LogP contribution in [0.15, 0.2) is 47.4 Å². The molecule has 140 valence electrons. The van der Waals surface area contributed by atoms with Gasteiger partial charge in [0.05, 0.1) is 30.6 Å². The molecular formula is C19H21N5O3. The van der Waals surface area contributed by atoms with Crippen LogP contribution in [0.25, 0.3) is 5.65 Å². The molecule has 27 heavy (non-hydrogen) atoms. The molecule has 0 N–H and O–H groups in total. The van der Waals surface area contributed by atoms with Crippen molar-refractivity contribution < 1.29 is 13.9 Å². The molecule has 3 aromatic heterocycles. The highest BCUT2D eigenvalue weighted by atomic mass is 16.5. The summed E-state index contributed by atoms with van der Waals surface area (Å²) in [5.41, 5.74) is 1.16. The number of carbonyl (C=O) groups is 1. The third kappa shape index (κ3) is 2.86. The number of piperidine rings is 1. The largest absolute Gasteiger partial charge is 0.472 e. The lowest BCUT2D eigenvalue weighted by Crippen LogP contribution is -2.58. The van der Waals surface area contributed by atoms with Crippen molar-refractivity contribution in [1.29, 1.82) is 0 Å². The van der Waals surface area contributed by atoms with Crippen molar-refractivity contribution in [3.63, 3.8) is 0 Å². The predicted octanol–water partition coefficient (Wildman–Crippen LogP) is 1.83. The summed E-state index contributed by atoms with van der Waals surface area (Å²) in [5, 5.41) is 8.59. The summed E-state index contributed by atoms with van der Waals surface area (Å²) in [6.07, 6.45) is 6.72. The second-order valence-electron chi connectivity index (χ2n) is 7.19. The van der Waals surface area contributed by atoms with E-state index >= 15 is 0 Å². The average Bonchev–Trinajstić information content (AvgIpc) is 3.38. The van der Waals surface area contributed by atoms with Crippen molar-refractivity contribution in [3.05, 3.63) is 48.6 Å². The van der Waals surface area contributed by atoms with E-state index in [1.807, 2.05) is 33.7 Å². The molecule has 8 heteroatoms. The molecule has 1 amide bonds. The standard InChI is InChI=1S/C19H21N5O3/c25-17(15-4-11-26-13-15)23-10-12-27-19(14-23)5-8-22(9-6-19)18-21-20-16-3-1-2-7-24(16)18/h1-4,7,11,13H,5-6,8-10,12,14H2. The number of amides is 1. The Morgan fingerprint density at radius 2 is 2.00 bits per heavy atom. The second kappa shape index (κ2) is 6.38. The summed E-state index contributed by atoms with van der Waals surface area (Å²) < 4.78 is 13.2. The Balaban J connectivity index is 1.30. The summed E-state index contributed by atoms with van der Waals surface area (Å²) in [6.45, 7) is 3.44. The number of furan rings is 1. The van der Waals surface area contributed by atoms with Crippen molar-refractivity contribution in [2.75, 3.05) is 37.7 Å². The van der Waals surface area contributed by atoms with E-state index in [2.05, 4.69) is 15.1 Å². The molecule has 0 aromatic carbocycles. The first-order valence-electron chi connectivity index (χ1n) is 9.24. The van der Waals surface area contributed by atoms with Gasteiger partial charge in [-0.2, -0.15) is 0 Å².